The van der Waals surface area contributed by atoms with Crippen molar-refractivity contribution >= 4 is 0 Å². The molecule has 0 saturated heterocycles. The highest BCUT2D eigenvalue weighted by Gasteiger charge is 2.34. The van der Waals surface area contributed by atoms with Crippen LogP contribution in [-0.4, -0.2) is 19.0 Å². The van der Waals surface area contributed by atoms with E-state index in [1.807, 2.05) is 25.2 Å². The first-order chi connectivity index (χ1) is 8.48. The van der Waals surface area contributed by atoms with Crippen molar-refractivity contribution in [2.24, 2.45) is 16.0 Å². The van der Waals surface area contributed by atoms with Gasteiger partial charge >= 0.3 is 0 Å². The smallest absolute Gasteiger partial charge is 0.120 e. The van der Waals surface area contributed by atoms with Gasteiger partial charge in [-0.3, -0.25) is 0 Å². The van der Waals surface area contributed by atoms with Gasteiger partial charge in [-0.25, -0.2) is 0 Å². The van der Waals surface area contributed by atoms with E-state index in [0.717, 1.165) is 11.1 Å². The Morgan fingerprint density at radius 3 is 1.89 bits per heavy atom. The zero-order valence-corrected chi connectivity index (χ0v) is 13.5. The van der Waals surface area contributed by atoms with Crippen molar-refractivity contribution in [1.82, 2.24) is 4.90 Å². The van der Waals surface area contributed by atoms with Crippen LogP contribution in [0.2, 0.25) is 0 Å². The lowest BCUT2D eigenvalue weighted by atomic mass is 9.82. The Kier molecular flexibility index (Phi) is 4.08. The summed E-state index contributed by atoms with van der Waals surface area (Å²) in [4.78, 5) is 13.3. The molecule has 1 rings (SSSR count). The van der Waals surface area contributed by atoms with Crippen LogP contribution in [0.5, 0.6) is 0 Å². The first kappa shape index (κ1) is 15.7. The fourth-order valence-corrected chi connectivity index (χ4v) is 2.24. The normalized spacial score (nSPS) is 18.9. The van der Waals surface area contributed by atoms with Gasteiger partial charge in [-0.05, 0) is 27.2 Å². The summed E-state index contributed by atoms with van der Waals surface area (Å²) in [5, 5.41) is 3.32. The number of nitrogens with zero attached hydrogens (tertiary/aromatic N) is 2. The van der Waals surface area contributed by atoms with Gasteiger partial charge in [0, 0.05) is 25.9 Å². The Morgan fingerprint density at radius 2 is 1.58 bits per heavy atom. The van der Waals surface area contributed by atoms with Gasteiger partial charge in [0.05, 0.1) is 0 Å². The minimum absolute atomic E-state index is 0.00914. The third kappa shape index (κ3) is 3.34. The predicted octanol–water partition coefficient (Wildman–Crippen LogP) is 4.48. The molecule has 0 atom stereocenters. The lowest BCUT2D eigenvalue weighted by Gasteiger charge is -2.23. The van der Waals surface area contributed by atoms with Crippen LogP contribution in [0.25, 0.3) is 0 Å². The molecule has 0 aliphatic heterocycles. The summed E-state index contributed by atoms with van der Waals surface area (Å²) < 4.78 is 0. The fraction of sp³-hybridized carbons (Fsp3) is 0.625. The van der Waals surface area contributed by atoms with Gasteiger partial charge in [0.15, 0.2) is 0 Å². The van der Waals surface area contributed by atoms with Crippen molar-refractivity contribution in [2.45, 2.75) is 41.5 Å². The van der Waals surface area contributed by atoms with Crippen LogP contribution in [0.4, 0.5) is 0 Å². The Bertz CT molecular complexity index is 466. The van der Waals surface area contributed by atoms with Crippen LogP contribution >= 0.6 is 0 Å². The molecule has 0 N–H and O–H groups in total. The second-order valence-electron chi connectivity index (χ2n) is 7.42. The summed E-state index contributed by atoms with van der Waals surface area (Å²) in [6, 6.07) is 0. The molecular weight excluding hydrogens is 236 g/mol. The molecule has 0 saturated carbocycles. The number of hydrogen-bond acceptors (Lipinski definition) is 3. The summed E-state index contributed by atoms with van der Waals surface area (Å²) in [6.07, 6.45) is 4.14. The van der Waals surface area contributed by atoms with Crippen LogP contribution in [0.15, 0.2) is 39.9 Å². The van der Waals surface area contributed by atoms with Crippen LogP contribution in [-0.2, 0) is 0 Å². The molecule has 3 heteroatoms. The van der Waals surface area contributed by atoms with Gasteiger partial charge in [-0.15, -0.1) is 4.91 Å². The largest absolute Gasteiger partial charge is 0.383 e. The van der Waals surface area contributed by atoms with Crippen molar-refractivity contribution in [2.75, 3.05) is 14.1 Å². The van der Waals surface area contributed by atoms with Gasteiger partial charge in [0.25, 0.3) is 0 Å². The number of rotatable bonds is 2. The lowest BCUT2D eigenvalue weighted by Crippen LogP contribution is -2.13. The van der Waals surface area contributed by atoms with E-state index in [-0.39, 0.29) is 10.8 Å². The van der Waals surface area contributed by atoms with E-state index in [9.17, 15) is 4.91 Å². The van der Waals surface area contributed by atoms with Gasteiger partial charge in [0.1, 0.15) is 5.70 Å². The number of nitroso groups, excluding NO2 is 1. The maximum Gasteiger partial charge on any atom is 0.120 e. The predicted molar refractivity (Wildman–Crippen MR) is 81.6 cm³/mol. The molecule has 0 bridgehead atoms. The Balaban J connectivity index is 3.51. The molecule has 0 amide bonds. The standard InChI is InChI=1S/C16H26N2O/c1-15(2,3)12-9-13(16(4,5)6)14(17-19)11(12)10-18(7)8/h9-10H,1-8H3/b11-10+. The zero-order chi connectivity index (χ0) is 15.0. The Labute approximate surface area is 117 Å². The molecule has 0 spiro atoms. The van der Waals surface area contributed by atoms with Crippen LogP contribution in [0.3, 0.4) is 0 Å². The SMILES string of the molecule is CN(C)/C=C1\C(C(C)(C)C)=CC(C(C)(C)C)=C1N=O. The minimum Gasteiger partial charge on any atom is -0.383 e. The van der Waals surface area contributed by atoms with E-state index in [0.29, 0.717) is 5.70 Å². The summed E-state index contributed by atoms with van der Waals surface area (Å²) in [5.41, 5.74) is 3.66. The summed E-state index contributed by atoms with van der Waals surface area (Å²) in [6.45, 7) is 12.8. The van der Waals surface area contributed by atoms with Crippen molar-refractivity contribution in [3.63, 3.8) is 0 Å². The molecule has 0 unspecified atom stereocenters. The van der Waals surface area contributed by atoms with Crippen LogP contribution in [0.1, 0.15) is 41.5 Å². The Morgan fingerprint density at radius 1 is 1.05 bits per heavy atom. The average molecular weight is 262 g/mol. The third-order valence-electron chi connectivity index (χ3n) is 3.18. The highest BCUT2D eigenvalue weighted by molar-refractivity contribution is 5.61. The molecule has 1 aliphatic rings. The monoisotopic (exact) mass is 262 g/mol. The van der Waals surface area contributed by atoms with E-state index >= 15 is 0 Å². The van der Waals surface area contributed by atoms with Crippen molar-refractivity contribution in [1.29, 1.82) is 0 Å². The van der Waals surface area contributed by atoms with E-state index in [1.54, 1.807) is 0 Å². The van der Waals surface area contributed by atoms with E-state index in [4.69, 9.17) is 0 Å². The van der Waals surface area contributed by atoms with Gasteiger partial charge in [-0.2, -0.15) is 0 Å². The maximum absolute atomic E-state index is 11.3. The van der Waals surface area contributed by atoms with E-state index in [2.05, 4.69) is 52.8 Å². The molecule has 106 valence electrons. The van der Waals surface area contributed by atoms with Crippen molar-refractivity contribution in [3.8, 4) is 0 Å². The second kappa shape index (κ2) is 4.95. The molecule has 0 radical (unpaired) electrons. The van der Waals surface area contributed by atoms with Crippen LogP contribution in [0, 0.1) is 15.7 Å². The van der Waals surface area contributed by atoms with E-state index in [1.165, 1.54) is 5.57 Å². The molecule has 19 heavy (non-hydrogen) atoms. The molecule has 0 aromatic rings. The van der Waals surface area contributed by atoms with Gasteiger partial charge in [0.2, 0.25) is 0 Å². The highest BCUT2D eigenvalue weighted by atomic mass is 16.3. The van der Waals surface area contributed by atoms with Crippen molar-refractivity contribution in [3.05, 3.63) is 39.6 Å². The molecular formula is C16H26N2O. The lowest BCUT2D eigenvalue weighted by molar-refractivity contribution is 0.501. The fourth-order valence-electron chi connectivity index (χ4n) is 2.24. The van der Waals surface area contributed by atoms with E-state index < -0.39 is 0 Å². The number of allylic oxidation sites excluding steroid dienone is 3. The van der Waals surface area contributed by atoms with Gasteiger partial charge in [-0.1, -0.05) is 47.6 Å². The zero-order valence-electron chi connectivity index (χ0n) is 13.5. The first-order valence-electron chi connectivity index (χ1n) is 6.67. The molecule has 0 aromatic heterocycles. The summed E-state index contributed by atoms with van der Waals surface area (Å²) in [7, 11) is 3.93. The maximum atomic E-state index is 11.3. The summed E-state index contributed by atoms with van der Waals surface area (Å²) in [5.74, 6) is 0. The average Bonchev–Trinajstić information content (AvgIpc) is 2.54. The minimum atomic E-state index is -0.0817. The second-order valence-corrected chi connectivity index (χ2v) is 7.42. The summed E-state index contributed by atoms with van der Waals surface area (Å²) >= 11 is 0. The van der Waals surface area contributed by atoms with Crippen LogP contribution < -0.4 is 0 Å². The highest BCUT2D eigenvalue weighted by Crippen LogP contribution is 2.46. The number of hydrogen-bond donors (Lipinski definition) is 0. The molecule has 0 aromatic carbocycles. The molecule has 0 heterocycles. The molecule has 1 aliphatic carbocycles. The quantitative estimate of drug-likeness (QED) is 0.687. The Hall–Kier alpha value is -1.38. The molecule has 3 nitrogen and oxygen atoms in total. The molecule has 0 fully saturated rings. The van der Waals surface area contributed by atoms with Crippen molar-refractivity contribution < 1.29 is 0 Å². The van der Waals surface area contributed by atoms with Gasteiger partial charge < -0.3 is 4.90 Å². The topological polar surface area (TPSA) is 32.7 Å². The first-order valence-corrected chi connectivity index (χ1v) is 6.67. The third-order valence-corrected chi connectivity index (χ3v) is 3.18.